The van der Waals surface area contributed by atoms with Crippen molar-refractivity contribution in [3.05, 3.63) is 28.2 Å². The summed E-state index contributed by atoms with van der Waals surface area (Å²) in [5.74, 6) is 0.433. The number of thiazole rings is 1. The van der Waals surface area contributed by atoms with E-state index in [0.29, 0.717) is 24.1 Å². The summed E-state index contributed by atoms with van der Waals surface area (Å²) in [5, 5.41) is 4.72. The van der Waals surface area contributed by atoms with Crippen LogP contribution in [0.4, 0.5) is 0 Å². The molecule has 1 aromatic carbocycles. The van der Waals surface area contributed by atoms with E-state index in [1.165, 1.54) is 0 Å². The van der Waals surface area contributed by atoms with E-state index < -0.39 is 0 Å². The first-order chi connectivity index (χ1) is 10.2. The van der Waals surface area contributed by atoms with E-state index in [2.05, 4.69) is 15.3 Å². The fourth-order valence-electron chi connectivity index (χ4n) is 2.25. The smallest absolute Gasteiger partial charge is 0.189 e. The Morgan fingerprint density at radius 1 is 1.57 bits per heavy atom. The molecule has 112 valence electrons. The van der Waals surface area contributed by atoms with Gasteiger partial charge >= 0.3 is 0 Å². The van der Waals surface area contributed by atoms with Crippen LogP contribution < -0.4 is 11.1 Å². The minimum absolute atomic E-state index is 0.253. The maximum Gasteiger partial charge on any atom is 0.189 e. The third-order valence-electron chi connectivity index (χ3n) is 3.31. The van der Waals surface area contributed by atoms with Gasteiger partial charge in [-0.2, -0.15) is 0 Å². The van der Waals surface area contributed by atoms with E-state index in [0.717, 1.165) is 34.7 Å². The number of hydrogen-bond acceptors (Lipinski definition) is 4. The number of aliphatic imine (C=N–C) groups is 1. The van der Waals surface area contributed by atoms with Crippen molar-refractivity contribution < 1.29 is 4.74 Å². The van der Waals surface area contributed by atoms with Crippen LogP contribution in [0.3, 0.4) is 0 Å². The Balaban J connectivity index is 1.57. The van der Waals surface area contributed by atoms with Crippen LogP contribution in [0.2, 0.25) is 5.02 Å². The normalized spacial score (nSPS) is 19.3. The number of rotatable bonds is 4. The predicted molar refractivity (Wildman–Crippen MR) is 86.9 cm³/mol. The first-order valence-electron chi connectivity index (χ1n) is 6.91. The topological polar surface area (TPSA) is 72.5 Å². The van der Waals surface area contributed by atoms with Crippen LogP contribution in [0.5, 0.6) is 0 Å². The van der Waals surface area contributed by atoms with Gasteiger partial charge in [-0.15, -0.1) is 11.3 Å². The van der Waals surface area contributed by atoms with Gasteiger partial charge in [0.25, 0.3) is 0 Å². The van der Waals surface area contributed by atoms with Crippen molar-refractivity contribution in [1.82, 2.24) is 10.3 Å². The fourth-order valence-corrected chi connectivity index (χ4v) is 3.29. The Kier molecular flexibility index (Phi) is 4.57. The zero-order chi connectivity index (χ0) is 14.7. The van der Waals surface area contributed by atoms with Crippen molar-refractivity contribution in [3.8, 4) is 0 Å². The average Bonchev–Trinajstić information content (AvgIpc) is 3.11. The number of fused-ring (bicyclic) bond motifs is 1. The summed E-state index contributed by atoms with van der Waals surface area (Å²) in [6.07, 6.45) is 2.46. The molecular formula is C14H17ClN4OS. The highest BCUT2D eigenvalue weighted by atomic mass is 35.5. The molecule has 0 radical (unpaired) electrons. The van der Waals surface area contributed by atoms with Crippen molar-refractivity contribution >= 4 is 39.1 Å². The summed E-state index contributed by atoms with van der Waals surface area (Å²) < 4.78 is 6.63. The van der Waals surface area contributed by atoms with Gasteiger partial charge in [-0.05, 0) is 31.0 Å². The molecule has 0 spiro atoms. The molecule has 7 heteroatoms. The van der Waals surface area contributed by atoms with Crippen molar-refractivity contribution in [2.45, 2.75) is 25.5 Å². The molecule has 2 heterocycles. The Labute approximate surface area is 132 Å². The van der Waals surface area contributed by atoms with Crippen LogP contribution in [-0.2, 0) is 11.3 Å². The lowest BCUT2D eigenvalue weighted by atomic mass is 10.2. The minimum atomic E-state index is 0.253. The van der Waals surface area contributed by atoms with Gasteiger partial charge in [-0.3, -0.25) is 0 Å². The second kappa shape index (κ2) is 6.60. The predicted octanol–water partition coefficient (Wildman–Crippen LogP) is 2.53. The number of nitrogens with zero attached hydrogens (tertiary/aromatic N) is 2. The van der Waals surface area contributed by atoms with Gasteiger partial charge in [-0.25, -0.2) is 9.98 Å². The molecule has 3 rings (SSSR count). The van der Waals surface area contributed by atoms with Crippen LogP contribution in [-0.4, -0.2) is 30.2 Å². The maximum absolute atomic E-state index is 5.95. The molecule has 1 unspecified atom stereocenters. The molecule has 1 aromatic heterocycles. The van der Waals surface area contributed by atoms with E-state index in [-0.39, 0.29) is 6.10 Å². The maximum atomic E-state index is 5.95. The number of benzene rings is 1. The Morgan fingerprint density at radius 2 is 2.48 bits per heavy atom. The Hall–Kier alpha value is -1.37. The molecule has 21 heavy (non-hydrogen) atoms. The zero-order valence-corrected chi connectivity index (χ0v) is 13.1. The van der Waals surface area contributed by atoms with E-state index in [4.69, 9.17) is 22.1 Å². The third-order valence-corrected chi connectivity index (χ3v) is 4.57. The quantitative estimate of drug-likeness (QED) is 0.669. The molecule has 1 aliphatic heterocycles. The average molecular weight is 325 g/mol. The van der Waals surface area contributed by atoms with Crippen LogP contribution >= 0.6 is 22.9 Å². The SMILES string of the molecule is NC(=NCc1nc2cc(Cl)ccc2s1)NCC1CCCO1. The van der Waals surface area contributed by atoms with E-state index in [1.54, 1.807) is 11.3 Å². The largest absolute Gasteiger partial charge is 0.376 e. The van der Waals surface area contributed by atoms with E-state index >= 15 is 0 Å². The van der Waals surface area contributed by atoms with Gasteiger partial charge < -0.3 is 15.8 Å². The fraction of sp³-hybridized carbons (Fsp3) is 0.429. The Bertz CT molecular complexity index is 651. The highest BCUT2D eigenvalue weighted by Crippen LogP contribution is 2.25. The second-order valence-corrected chi connectivity index (χ2v) is 6.49. The van der Waals surface area contributed by atoms with E-state index in [9.17, 15) is 0 Å². The minimum Gasteiger partial charge on any atom is -0.376 e. The van der Waals surface area contributed by atoms with Crippen molar-refractivity contribution in [2.75, 3.05) is 13.2 Å². The van der Waals surface area contributed by atoms with Gasteiger partial charge in [0.1, 0.15) is 5.01 Å². The number of nitrogens with one attached hydrogen (secondary N) is 1. The molecule has 0 saturated carbocycles. The van der Waals surface area contributed by atoms with Crippen molar-refractivity contribution in [1.29, 1.82) is 0 Å². The summed E-state index contributed by atoms with van der Waals surface area (Å²) in [5.41, 5.74) is 6.76. The summed E-state index contributed by atoms with van der Waals surface area (Å²) in [4.78, 5) is 8.82. The lowest BCUT2D eigenvalue weighted by molar-refractivity contribution is 0.114. The number of aromatic nitrogens is 1. The third kappa shape index (κ3) is 3.84. The van der Waals surface area contributed by atoms with Crippen molar-refractivity contribution in [2.24, 2.45) is 10.7 Å². The molecule has 5 nitrogen and oxygen atoms in total. The summed E-state index contributed by atoms with van der Waals surface area (Å²) in [7, 11) is 0. The molecule has 3 N–H and O–H groups in total. The highest BCUT2D eigenvalue weighted by Gasteiger charge is 2.14. The molecule has 1 atom stereocenters. The monoisotopic (exact) mass is 324 g/mol. The van der Waals surface area contributed by atoms with Gasteiger partial charge in [-0.1, -0.05) is 11.6 Å². The van der Waals surface area contributed by atoms with Gasteiger partial charge in [0.05, 0.1) is 22.9 Å². The summed E-state index contributed by atoms with van der Waals surface area (Å²) >= 11 is 7.56. The molecule has 1 fully saturated rings. The first kappa shape index (κ1) is 14.6. The van der Waals surface area contributed by atoms with Crippen LogP contribution in [0.15, 0.2) is 23.2 Å². The number of guanidine groups is 1. The molecular weight excluding hydrogens is 308 g/mol. The van der Waals surface area contributed by atoms with Crippen LogP contribution in [0, 0.1) is 0 Å². The van der Waals surface area contributed by atoms with Crippen molar-refractivity contribution in [3.63, 3.8) is 0 Å². The lowest BCUT2D eigenvalue weighted by Crippen LogP contribution is -2.37. The Morgan fingerprint density at radius 3 is 3.29 bits per heavy atom. The first-order valence-corrected chi connectivity index (χ1v) is 8.10. The number of nitrogens with two attached hydrogens (primary N) is 1. The van der Waals surface area contributed by atoms with E-state index in [1.807, 2.05) is 18.2 Å². The molecule has 0 aliphatic carbocycles. The summed E-state index contributed by atoms with van der Waals surface area (Å²) in [6.45, 7) is 2.03. The number of hydrogen-bond donors (Lipinski definition) is 2. The molecule has 2 aromatic rings. The second-order valence-electron chi connectivity index (χ2n) is 4.94. The van der Waals surface area contributed by atoms with Gasteiger partial charge in [0.15, 0.2) is 5.96 Å². The zero-order valence-electron chi connectivity index (χ0n) is 11.5. The van der Waals surface area contributed by atoms with Gasteiger partial charge in [0.2, 0.25) is 0 Å². The molecule has 1 aliphatic rings. The number of ether oxygens (including phenoxy) is 1. The van der Waals surface area contributed by atoms with Gasteiger partial charge in [0, 0.05) is 18.2 Å². The molecule has 0 bridgehead atoms. The number of halogens is 1. The summed E-state index contributed by atoms with van der Waals surface area (Å²) in [6, 6.07) is 5.70. The van der Waals surface area contributed by atoms with Crippen LogP contribution in [0.1, 0.15) is 17.8 Å². The molecule has 0 amide bonds. The highest BCUT2D eigenvalue weighted by molar-refractivity contribution is 7.18. The standard InChI is InChI=1S/C14H17ClN4OS/c15-9-3-4-12-11(6-9)19-13(21-12)8-18-14(16)17-7-10-2-1-5-20-10/h3-4,6,10H,1-2,5,7-8H2,(H3,16,17,18). The molecule has 1 saturated heterocycles. The van der Waals surface area contributed by atoms with Crippen LogP contribution in [0.25, 0.3) is 10.2 Å². The lowest BCUT2D eigenvalue weighted by Gasteiger charge is -2.10.